The minimum Gasteiger partial charge on any atom is -0.504 e. The molecule has 0 aromatic heterocycles. The molecule has 0 unspecified atom stereocenters. The number of aromatic hydroxyl groups is 3. The number of rotatable bonds is 4. The van der Waals surface area contributed by atoms with Crippen molar-refractivity contribution >= 4 is 23.2 Å². The van der Waals surface area contributed by atoms with E-state index in [1.165, 1.54) is 0 Å². The Kier molecular flexibility index (Phi) is 4.98. The van der Waals surface area contributed by atoms with Crippen molar-refractivity contribution in [2.75, 3.05) is 0 Å². The highest BCUT2D eigenvalue weighted by Crippen LogP contribution is 2.35. The summed E-state index contributed by atoms with van der Waals surface area (Å²) >= 11 is 5.83. The van der Waals surface area contributed by atoms with Crippen LogP contribution in [0.1, 0.15) is 22.8 Å². The van der Waals surface area contributed by atoms with E-state index < -0.39 is 23.2 Å². The maximum Gasteiger partial charge on any atom is 0.269 e. The van der Waals surface area contributed by atoms with Gasteiger partial charge in [-0.25, -0.2) is 0 Å². The number of carbonyl (C=O) groups excluding carboxylic acids is 1. The van der Waals surface area contributed by atoms with Crippen LogP contribution in [0.15, 0.2) is 42.5 Å². The quantitative estimate of drug-likeness (QED) is 0.437. The van der Waals surface area contributed by atoms with Gasteiger partial charge in [0.2, 0.25) is 0 Å². The summed E-state index contributed by atoms with van der Waals surface area (Å²) in [4.78, 5) is 12.0. The summed E-state index contributed by atoms with van der Waals surface area (Å²) in [6.07, 6.45) is 1.76. The van der Waals surface area contributed by atoms with Crippen LogP contribution in [0.3, 0.4) is 0 Å². The Hall–Kier alpha value is -2.86. The minimum absolute atomic E-state index is 0.0168. The van der Waals surface area contributed by atoms with E-state index in [9.17, 15) is 20.1 Å². The fourth-order valence-corrected chi connectivity index (χ4v) is 2.00. The number of carbonyl (C=O) groups is 1. The molecule has 0 spiro atoms. The molecule has 0 aliphatic heterocycles. The first-order chi connectivity index (χ1) is 10.9. The lowest BCUT2D eigenvalue weighted by atomic mass is 10.1. The molecule has 0 atom stereocenters. The summed E-state index contributed by atoms with van der Waals surface area (Å²) < 4.78 is 0. The Bertz CT molecular complexity index is 734. The summed E-state index contributed by atoms with van der Waals surface area (Å²) in [5.41, 5.74) is 6.63. The molecule has 2 aromatic carbocycles. The van der Waals surface area contributed by atoms with Gasteiger partial charge in [-0.2, -0.15) is 0 Å². The number of halogens is 1. The first-order valence-corrected chi connectivity index (χ1v) is 7.03. The van der Waals surface area contributed by atoms with Crippen LogP contribution >= 0.6 is 11.6 Å². The van der Waals surface area contributed by atoms with Crippen molar-refractivity contribution in [2.45, 2.75) is 6.92 Å². The van der Waals surface area contributed by atoms with Gasteiger partial charge in [0, 0.05) is 10.6 Å². The number of phenolic OH excluding ortho intramolecular Hbond substituents is 3. The van der Waals surface area contributed by atoms with Gasteiger partial charge in [-0.1, -0.05) is 29.8 Å². The summed E-state index contributed by atoms with van der Waals surface area (Å²) in [5.74, 6) is -2.44. The van der Waals surface area contributed by atoms with Gasteiger partial charge in [0.25, 0.3) is 5.91 Å². The standard InChI is InChI=1S/C16H15ClN2O4/c1-2-12(9-3-5-11(17)6-4-9)18-19-16(23)10-7-13(20)15(22)14(21)8-10/h2-8,18,20-22H,1H3,(H,19,23). The number of amides is 1. The fraction of sp³-hybridized carbons (Fsp3) is 0.0625. The molecule has 2 aromatic rings. The molecule has 0 aliphatic rings. The van der Waals surface area contributed by atoms with E-state index in [0.717, 1.165) is 17.7 Å². The Labute approximate surface area is 137 Å². The van der Waals surface area contributed by atoms with Crippen molar-refractivity contribution in [3.05, 3.63) is 58.6 Å². The van der Waals surface area contributed by atoms with Gasteiger partial charge in [-0.15, -0.1) is 0 Å². The first kappa shape index (κ1) is 16.5. The minimum atomic E-state index is -0.676. The summed E-state index contributed by atoms with van der Waals surface area (Å²) in [5, 5.41) is 28.7. The van der Waals surface area contributed by atoms with Crippen LogP contribution in [0, 0.1) is 0 Å². The molecule has 0 fully saturated rings. The zero-order chi connectivity index (χ0) is 17.0. The predicted octanol–water partition coefficient (Wildman–Crippen LogP) is 2.75. The smallest absolute Gasteiger partial charge is 0.269 e. The van der Waals surface area contributed by atoms with E-state index in [-0.39, 0.29) is 5.56 Å². The molecule has 0 heterocycles. The van der Waals surface area contributed by atoms with Crippen molar-refractivity contribution in [3.63, 3.8) is 0 Å². The highest BCUT2D eigenvalue weighted by molar-refractivity contribution is 6.30. The van der Waals surface area contributed by atoms with Crippen LogP contribution in [-0.2, 0) is 0 Å². The van der Waals surface area contributed by atoms with Crippen molar-refractivity contribution in [1.29, 1.82) is 0 Å². The lowest BCUT2D eigenvalue weighted by Crippen LogP contribution is -2.36. The van der Waals surface area contributed by atoms with E-state index in [4.69, 9.17) is 11.6 Å². The number of phenols is 3. The first-order valence-electron chi connectivity index (χ1n) is 6.66. The van der Waals surface area contributed by atoms with Crippen molar-refractivity contribution in [3.8, 4) is 17.2 Å². The number of benzene rings is 2. The SMILES string of the molecule is CC=C(NNC(=O)c1cc(O)c(O)c(O)c1)c1ccc(Cl)cc1. The van der Waals surface area contributed by atoms with Crippen LogP contribution < -0.4 is 10.9 Å². The molecule has 1 amide bonds. The summed E-state index contributed by atoms with van der Waals surface area (Å²) in [7, 11) is 0. The number of hydrogen-bond donors (Lipinski definition) is 5. The molecule has 0 saturated heterocycles. The van der Waals surface area contributed by atoms with E-state index in [1.54, 1.807) is 37.3 Å². The summed E-state index contributed by atoms with van der Waals surface area (Å²) in [6, 6.07) is 9.11. The maximum absolute atomic E-state index is 12.0. The zero-order valence-corrected chi connectivity index (χ0v) is 12.9. The number of allylic oxidation sites excluding steroid dienone is 1. The molecular weight excluding hydrogens is 320 g/mol. The van der Waals surface area contributed by atoms with Crippen LogP contribution in [0.2, 0.25) is 5.02 Å². The summed E-state index contributed by atoms with van der Waals surface area (Å²) in [6.45, 7) is 1.79. The second-order valence-electron chi connectivity index (χ2n) is 4.65. The third kappa shape index (κ3) is 3.87. The Morgan fingerprint density at radius 3 is 2.09 bits per heavy atom. The second kappa shape index (κ2) is 6.93. The predicted molar refractivity (Wildman–Crippen MR) is 87.1 cm³/mol. The topological polar surface area (TPSA) is 102 Å². The molecule has 120 valence electrons. The van der Waals surface area contributed by atoms with Crippen molar-refractivity contribution < 1.29 is 20.1 Å². The molecule has 0 saturated carbocycles. The van der Waals surface area contributed by atoms with Crippen molar-refractivity contribution in [1.82, 2.24) is 10.9 Å². The molecule has 2 rings (SSSR count). The lowest BCUT2D eigenvalue weighted by molar-refractivity contribution is 0.0941. The molecule has 5 N–H and O–H groups in total. The van der Waals surface area contributed by atoms with Gasteiger partial charge in [0.15, 0.2) is 17.2 Å². The van der Waals surface area contributed by atoms with Crippen molar-refractivity contribution in [2.24, 2.45) is 0 Å². The third-order valence-electron chi connectivity index (χ3n) is 3.09. The molecule has 0 aliphatic carbocycles. The van der Waals surface area contributed by atoms with Crippen LogP contribution in [-0.4, -0.2) is 21.2 Å². The van der Waals surface area contributed by atoms with Gasteiger partial charge in [-0.05, 0) is 36.8 Å². The second-order valence-corrected chi connectivity index (χ2v) is 5.09. The highest BCUT2D eigenvalue weighted by Gasteiger charge is 2.13. The average Bonchev–Trinajstić information content (AvgIpc) is 2.54. The Balaban J connectivity index is 2.10. The van der Waals surface area contributed by atoms with Crippen LogP contribution in [0.5, 0.6) is 17.2 Å². The molecule has 23 heavy (non-hydrogen) atoms. The lowest BCUT2D eigenvalue weighted by Gasteiger charge is -2.13. The third-order valence-corrected chi connectivity index (χ3v) is 3.34. The van der Waals surface area contributed by atoms with E-state index >= 15 is 0 Å². The number of hydrazine groups is 1. The molecular formula is C16H15ClN2O4. The van der Waals surface area contributed by atoms with E-state index in [2.05, 4.69) is 10.9 Å². The zero-order valence-electron chi connectivity index (χ0n) is 12.2. The largest absolute Gasteiger partial charge is 0.504 e. The van der Waals surface area contributed by atoms with E-state index in [0.29, 0.717) is 10.7 Å². The highest BCUT2D eigenvalue weighted by atomic mass is 35.5. The number of nitrogens with one attached hydrogen (secondary N) is 2. The van der Waals surface area contributed by atoms with E-state index in [1.807, 2.05) is 0 Å². The Morgan fingerprint density at radius 1 is 1.00 bits per heavy atom. The van der Waals surface area contributed by atoms with Crippen LogP contribution in [0.4, 0.5) is 0 Å². The van der Waals surface area contributed by atoms with Gasteiger partial charge in [0.05, 0.1) is 5.70 Å². The van der Waals surface area contributed by atoms with Gasteiger partial charge in [-0.3, -0.25) is 15.6 Å². The molecule has 7 heteroatoms. The number of hydrogen-bond acceptors (Lipinski definition) is 5. The van der Waals surface area contributed by atoms with Gasteiger partial charge < -0.3 is 15.3 Å². The van der Waals surface area contributed by atoms with Gasteiger partial charge >= 0.3 is 0 Å². The normalized spacial score (nSPS) is 11.1. The molecule has 0 radical (unpaired) electrons. The average molecular weight is 335 g/mol. The fourth-order valence-electron chi connectivity index (χ4n) is 1.87. The maximum atomic E-state index is 12.0. The molecule has 0 bridgehead atoms. The monoisotopic (exact) mass is 334 g/mol. The van der Waals surface area contributed by atoms with Crippen LogP contribution in [0.25, 0.3) is 5.70 Å². The molecule has 6 nitrogen and oxygen atoms in total. The van der Waals surface area contributed by atoms with Gasteiger partial charge in [0.1, 0.15) is 0 Å². The Morgan fingerprint density at radius 2 is 1.57 bits per heavy atom.